The first kappa shape index (κ1) is 26.8. The van der Waals surface area contributed by atoms with Gasteiger partial charge >= 0.3 is 5.97 Å². The molecule has 3 heterocycles. The molecule has 1 N–H and O–H groups in total. The molecular formula is C29H23Cl2FN6O3. The predicted molar refractivity (Wildman–Crippen MR) is 156 cm³/mol. The number of carbonyl (C=O) groups is 1. The molecule has 3 aromatic carbocycles. The highest BCUT2D eigenvalue weighted by Crippen LogP contribution is 2.38. The summed E-state index contributed by atoms with van der Waals surface area (Å²) in [6.07, 6.45) is 4.29. The minimum atomic E-state index is -1.41. The number of aromatic carboxylic acids is 1. The van der Waals surface area contributed by atoms with Gasteiger partial charge in [0.1, 0.15) is 24.0 Å². The van der Waals surface area contributed by atoms with E-state index in [4.69, 9.17) is 23.2 Å². The van der Waals surface area contributed by atoms with Gasteiger partial charge < -0.3 is 19.5 Å². The molecule has 0 spiro atoms. The molecule has 0 unspecified atom stereocenters. The number of carboxylic acids is 1. The molecule has 0 saturated carbocycles. The summed E-state index contributed by atoms with van der Waals surface area (Å²) in [5, 5.41) is 14.4. The maximum absolute atomic E-state index is 15.7. The van der Waals surface area contributed by atoms with E-state index in [0.717, 1.165) is 17.3 Å². The summed E-state index contributed by atoms with van der Waals surface area (Å²) in [5.74, 6) is -2.10. The summed E-state index contributed by atoms with van der Waals surface area (Å²) in [6, 6.07) is 15.9. The number of nitrogens with zero attached hydrogens (tertiary/aromatic N) is 6. The van der Waals surface area contributed by atoms with Crippen LogP contribution >= 0.6 is 23.2 Å². The fourth-order valence-electron chi connectivity index (χ4n) is 5.19. The van der Waals surface area contributed by atoms with E-state index in [-0.39, 0.29) is 21.6 Å². The monoisotopic (exact) mass is 592 g/mol. The highest BCUT2D eigenvalue weighted by Gasteiger charge is 2.27. The third-order valence-electron chi connectivity index (χ3n) is 7.20. The van der Waals surface area contributed by atoms with Crippen LogP contribution in [-0.2, 0) is 6.54 Å². The number of anilines is 2. The lowest BCUT2D eigenvalue weighted by Gasteiger charge is -2.38. The molecule has 9 nitrogen and oxygen atoms in total. The van der Waals surface area contributed by atoms with Gasteiger partial charge in [-0.1, -0.05) is 47.5 Å². The Labute approximate surface area is 243 Å². The lowest BCUT2D eigenvalue weighted by Crippen LogP contribution is -2.47. The van der Waals surface area contributed by atoms with Gasteiger partial charge in [-0.3, -0.25) is 4.79 Å². The van der Waals surface area contributed by atoms with E-state index >= 15 is 4.39 Å². The molecule has 1 saturated heterocycles. The fraction of sp³-hybridized carbons (Fsp3) is 0.172. The molecule has 0 radical (unpaired) electrons. The van der Waals surface area contributed by atoms with Gasteiger partial charge in [0.2, 0.25) is 5.43 Å². The molecule has 12 heteroatoms. The zero-order valence-electron chi connectivity index (χ0n) is 21.5. The lowest BCUT2D eigenvalue weighted by molar-refractivity contribution is 0.0695. The van der Waals surface area contributed by atoms with Crippen molar-refractivity contribution in [3.63, 3.8) is 0 Å². The fourth-order valence-corrected chi connectivity index (χ4v) is 5.85. The number of halogens is 3. The number of carboxylic acid groups (broad SMARTS) is 1. The van der Waals surface area contributed by atoms with Crippen molar-refractivity contribution in [3.05, 3.63) is 111 Å². The third-order valence-corrected chi connectivity index (χ3v) is 7.88. The van der Waals surface area contributed by atoms with Crippen LogP contribution in [0, 0.1) is 5.82 Å². The molecule has 0 aliphatic carbocycles. The van der Waals surface area contributed by atoms with Crippen LogP contribution < -0.4 is 15.2 Å². The number of fused-ring (bicyclic) bond motifs is 1. The third kappa shape index (κ3) is 5.00. The van der Waals surface area contributed by atoms with Gasteiger partial charge in [-0.2, -0.15) is 5.10 Å². The predicted octanol–water partition coefficient (Wildman–Crippen LogP) is 5.10. The van der Waals surface area contributed by atoms with Gasteiger partial charge in [0.05, 0.1) is 38.9 Å². The number of pyridine rings is 1. The number of piperazine rings is 1. The zero-order chi connectivity index (χ0) is 28.7. The Balaban J connectivity index is 1.41. The first-order valence-corrected chi connectivity index (χ1v) is 13.5. The van der Waals surface area contributed by atoms with Crippen molar-refractivity contribution in [2.45, 2.75) is 6.54 Å². The summed E-state index contributed by atoms with van der Waals surface area (Å²) >= 11 is 13.3. The Morgan fingerprint density at radius 1 is 1.00 bits per heavy atom. The average Bonchev–Trinajstić information content (AvgIpc) is 3.48. The summed E-state index contributed by atoms with van der Waals surface area (Å²) in [4.78, 5) is 33.0. The molecule has 41 heavy (non-hydrogen) atoms. The van der Waals surface area contributed by atoms with Crippen LogP contribution in [0.15, 0.2) is 78.2 Å². The van der Waals surface area contributed by atoms with Crippen LogP contribution in [0.25, 0.3) is 16.6 Å². The van der Waals surface area contributed by atoms with Crippen LogP contribution in [0.3, 0.4) is 0 Å². The summed E-state index contributed by atoms with van der Waals surface area (Å²) < 4.78 is 18.9. The first-order chi connectivity index (χ1) is 19.8. The number of rotatable bonds is 6. The topological polar surface area (TPSA) is 96.5 Å². The Morgan fingerprint density at radius 3 is 2.37 bits per heavy atom. The Morgan fingerprint density at radius 2 is 1.71 bits per heavy atom. The molecular weight excluding hydrogens is 570 g/mol. The Hall–Kier alpha value is -4.41. The van der Waals surface area contributed by atoms with E-state index in [1.165, 1.54) is 17.1 Å². The molecule has 1 aliphatic heterocycles. The lowest BCUT2D eigenvalue weighted by atomic mass is 10.1. The minimum Gasteiger partial charge on any atom is -0.477 e. The highest BCUT2D eigenvalue weighted by atomic mass is 35.5. The second-order valence-corrected chi connectivity index (χ2v) is 10.4. The molecule has 0 amide bonds. The van der Waals surface area contributed by atoms with Crippen molar-refractivity contribution in [2.75, 3.05) is 36.0 Å². The van der Waals surface area contributed by atoms with Crippen LogP contribution in [-0.4, -0.2) is 56.6 Å². The summed E-state index contributed by atoms with van der Waals surface area (Å²) in [5.41, 5.74) is 1.50. The molecule has 2 aromatic heterocycles. The van der Waals surface area contributed by atoms with E-state index < -0.39 is 22.8 Å². The minimum absolute atomic E-state index is 0.0342. The standard InChI is InChI=1S/C29H23Cl2FN6O3/c30-22-3-1-2-4-24(22)35-9-11-36(12-10-35)27-23(32)13-20-26(25(27)31)38(15-21(28(20)39)29(40)41)19-7-5-18(6-8-19)14-37-17-33-16-34-37/h1-8,13,15-17H,9-12,14H2,(H,40,41). The van der Waals surface area contributed by atoms with E-state index in [0.29, 0.717) is 43.4 Å². The highest BCUT2D eigenvalue weighted by molar-refractivity contribution is 6.38. The van der Waals surface area contributed by atoms with Gasteiger partial charge in [0, 0.05) is 38.1 Å². The maximum atomic E-state index is 15.7. The van der Waals surface area contributed by atoms with Gasteiger partial charge in [0.15, 0.2) is 0 Å². The molecule has 6 rings (SSSR count). The SMILES string of the molecule is O=C(O)c1cn(-c2ccc(Cn3cncn3)cc2)c2c(Cl)c(N3CCN(c4ccccc4Cl)CC3)c(F)cc2c1=O. The number of hydrogen-bond acceptors (Lipinski definition) is 6. The van der Waals surface area contributed by atoms with Crippen molar-refractivity contribution in [3.8, 4) is 5.69 Å². The second-order valence-electron chi connectivity index (χ2n) is 9.65. The first-order valence-electron chi connectivity index (χ1n) is 12.8. The number of hydrogen-bond donors (Lipinski definition) is 1. The van der Waals surface area contributed by atoms with Crippen LogP contribution in [0.1, 0.15) is 15.9 Å². The van der Waals surface area contributed by atoms with E-state index in [2.05, 4.69) is 15.0 Å². The zero-order valence-corrected chi connectivity index (χ0v) is 23.1. The van der Waals surface area contributed by atoms with Crippen molar-refractivity contribution >= 4 is 51.4 Å². The smallest absolute Gasteiger partial charge is 0.341 e. The summed E-state index contributed by atoms with van der Waals surface area (Å²) in [7, 11) is 0. The van der Waals surface area contributed by atoms with Crippen molar-refractivity contribution in [2.24, 2.45) is 0 Å². The average molecular weight is 593 g/mol. The van der Waals surface area contributed by atoms with Crippen molar-refractivity contribution < 1.29 is 14.3 Å². The second kappa shape index (κ2) is 10.9. The summed E-state index contributed by atoms with van der Waals surface area (Å²) in [6.45, 7) is 2.57. The number of para-hydroxylation sites is 1. The van der Waals surface area contributed by atoms with E-state index in [1.54, 1.807) is 23.1 Å². The van der Waals surface area contributed by atoms with Gasteiger partial charge in [-0.25, -0.2) is 18.9 Å². The van der Waals surface area contributed by atoms with E-state index in [9.17, 15) is 14.7 Å². The Kier molecular flexibility index (Phi) is 7.10. The number of benzene rings is 3. The molecule has 5 aromatic rings. The van der Waals surface area contributed by atoms with Gasteiger partial charge in [-0.05, 0) is 35.9 Å². The van der Waals surface area contributed by atoms with Crippen LogP contribution in [0.4, 0.5) is 15.8 Å². The number of aromatic nitrogens is 4. The van der Waals surface area contributed by atoms with Gasteiger partial charge in [-0.15, -0.1) is 0 Å². The Bertz CT molecular complexity index is 1820. The maximum Gasteiger partial charge on any atom is 0.341 e. The molecule has 1 fully saturated rings. The van der Waals surface area contributed by atoms with Crippen molar-refractivity contribution in [1.82, 2.24) is 19.3 Å². The largest absolute Gasteiger partial charge is 0.477 e. The molecule has 0 atom stereocenters. The molecule has 1 aliphatic rings. The quantitative estimate of drug-likeness (QED) is 0.293. The van der Waals surface area contributed by atoms with Crippen LogP contribution in [0.5, 0.6) is 0 Å². The molecule has 208 valence electrons. The van der Waals surface area contributed by atoms with Crippen molar-refractivity contribution in [1.29, 1.82) is 0 Å². The normalized spacial score (nSPS) is 13.6. The molecule has 0 bridgehead atoms. The van der Waals surface area contributed by atoms with E-state index in [1.807, 2.05) is 41.3 Å². The van der Waals surface area contributed by atoms with Gasteiger partial charge in [0.25, 0.3) is 0 Å². The van der Waals surface area contributed by atoms with Crippen LogP contribution in [0.2, 0.25) is 10.0 Å².